The number of hydrogen-bond acceptors (Lipinski definition) is 2. The van der Waals surface area contributed by atoms with Gasteiger partial charge in [-0.15, -0.1) is 0 Å². The van der Waals surface area contributed by atoms with Gasteiger partial charge in [0.05, 0.1) is 11.5 Å². The maximum atomic E-state index is 11.2. The van der Waals surface area contributed by atoms with Gasteiger partial charge in [0.25, 0.3) is 0 Å². The summed E-state index contributed by atoms with van der Waals surface area (Å²) in [4.78, 5) is 0. The molecule has 0 aromatic rings. The quantitative estimate of drug-likeness (QED) is 0.603. The van der Waals surface area contributed by atoms with E-state index in [1.807, 2.05) is 6.92 Å². The summed E-state index contributed by atoms with van der Waals surface area (Å²) in [5, 5.41) is 0. The van der Waals surface area contributed by atoms with Crippen LogP contribution in [-0.2, 0) is 9.84 Å². The molecule has 0 aromatic carbocycles. The lowest BCUT2D eigenvalue weighted by atomic mass is 10.5. The van der Waals surface area contributed by atoms with E-state index in [2.05, 4.69) is 0 Å². The van der Waals surface area contributed by atoms with Gasteiger partial charge in [-0.25, -0.2) is 8.42 Å². The molecule has 0 amide bonds. The Kier molecular flexibility index (Phi) is 2.71. The first-order valence-corrected chi connectivity index (χ1v) is 5.78. The van der Waals surface area contributed by atoms with Crippen LogP contribution in [0.1, 0.15) is 19.8 Å². The van der Waals surface area contributed by atoms with E-state index in [0.29, 0.717) is 11.7 Å². The first-order chi connectivity index (χ1) is 5.14. The lowest BCUT2D eigenvalue weighted by Crippen LogP contribution is -2.10. The van der Waals surface area contributed by atoms with Gasteiger partial charge in [0, 0.05) is 0 Å². The average Bonchev–Trinajstić information content (AvgIpc) is 2.67. The molecule has 0 aromatic heterocycles. The van der Waals surface area contributed by atoms with E-state index < -0.39 is 9.84 Å². The molecule has 0 atom stereocenters. The van der Waals surface area contributed by atoms with Crippen molar-refractivity contribution >= 4 is 9.84 Å². The lowest BCUT2D eigenvalue weighted by Gasteiger charge is -1.96. The Hall–Kier alpha value is -0.310. The summed E-state index contributed by atoms with van der Waals surface area (Å²) in [5.74, 6) is 1.10. The normalized spacial score (nSPS) is 19.4. The van der Waals surface area contributed by atoms with E-state index >= 15 is 0 Å². The minimum Gasteiger partial charge on any atom is -0.229 e. The van der Waals surface area contributed by atoms with Crippen LogP contribution in [0, 0.1) is 5.92 Å². The zero-order valence-electron chi connectivity index (χ0n) is 6.79. The highest BCUT2D eigenvalue weighted by molar-refractivity contribution is 7.91. The van der Waals surface area contributed by atoms with E-state index in [1.165, 1.54) is 0 Å². The van der Waals surface area contributed by atoms with Crippen molar-refractivity contribution in [3.63, 3.8) is 0 Å². The highest BCUT2D eigenvalue weighted by Crippen LogP contribution is 2.30. The van der Waals surface area contributed by atoms with Crippen molar-refractivity contribution in [3.8, 4) is 0 Å². The maximum Gasteiger partial charge on any atom is 0.154 e. The van der Waals surface area contributed by atoms with Gasteiger partial charge in [0.2, 0.25) is 0 Å². The predicted octanol–water partition coefficient (Wildman–Crippen LogP) is 1.39. The molecule has 0 N–H and O–H groups in total. The lowest BCUT2D eigenvalue weighted by molar-refractivity contribution is 0.595. The molecule has 0 bridgehead atoms. The molecule has 1 rings (SSSR count). The molecule has 0 aliphatic heterocycles. The molecule has 0 spiro atoms. The van der Waals surface area contributed by atoms with Crippen LogP contribution in [0.5, 0.6) is 0 Å². The molecule has 3 heteroatoms. The Morgan fingerprint density at radius 3 is 2.55 bits per heavy atom. The molecular weight excluding hydrogens is 160 g/mol. The molecular formula is C8H14O2S. The molecule has 0 radical (unpaired) electrons. The fraction of sp³-hybridized carbons (Fsp3) is 0.750. The number of rotatable bonds is 4. The second-order valence-corrected chi connectivity index (χ2v) is 5.24. The standard InChI is InChI=1S/C8H14O2S/c1-2-3-6-11(9,10)7-8-4-5-8/h2-3,8H,4-7H2,1H3/b3-2+. The fourth-order valence-electron chi connectivity index (χ4n) is 0.955. The summed E-state index contributed by atoms with van der Waals surface area (Å²) in [6, 6.07) is 0. The third-order valence-electron chi connectivity index (χ3n) is 1.77. The zero-order chi connectivity index (χ0) is 8.32. The smallest absolute Gasteiger partial charge is 0.154 e. The van der Waals surface area contributed by atoms with Gasteiger partial charge in [0.15, 0.2) is 9.84 Å². The van der Waals surface area contributed by atoms with Crippen molar-refractivity contribution in [2.45, 2.75) is 19.8 Å². The molecule has 0 unspecified atom stereocenters. The number of allylic oxidation sites excluding steroid dienone is 1. The van der Waals surface area contributed by atoms with E-state index in [-0.39, 0.29) is 5.75 Å². The summed E-state index contributed by atoms with van der Waals surface area (Å²) in [5.41, 5.74) is 0. The summed E-state index contributed by atoms with van der Waals surface area (Å²) in [6.07, 6.45) is 5.70. The third kappa shape index (κ3) is 3.56. The molecule has 64 valence electrons. The first-order valence-electron chi connectivity index (χ1n) is 3.95. The molecule has 1 aliphatic carbocycles. The number of hydrogen-bond donors (Lipinski definition) is 0. The van der Waals surface area contributed by atoms with Crippen LogP contribution in [0.25, 0.3) is 0 Å². The Morgan fingerprint density at radius 2 is 2.09 bits per heavy atom. The zero-order valence-corrected chi connectivity index (χ0v) is 7.60. The number of sulfone groups is 1. The average molecular weight is 174 g/mol. The van der Waals surface area contributed by atoms with Gasteiger partial charge < -0.3 is 0 Å². The highest BCUT2D eigenvalue weighted by Gasteiger charge is 2.26. The van der Waals surface area contributed by atoms with Crippen LogP contribution in [-0.4, -0.2) is 19.9 Å². The van der Waals surface area contributed by atoms with Crippen molar-refractivity contribution in [1.29, 1.82) is 0 Å². The van der Waals surface area contributed by atoms with Crippen LogP contribution in [0.3, 0.4) is 0 Å². The van der Waals surface area contributed by atoms with E-state index in [9.17, 15) is 8.42 Å². The SMILES string of the molecule is C/C=C/CS(=O)(=O)CC1CC1. The predicted molar refractivity (Wildman–Crippen MR) is 46.2 cm³/mol. The summed E-state index contributed by atoms with van der Waals surface area (Å²) in [6.45, 7) is 1.84. The molecule has 0 saturated heterocycles. The third-order valence-corrected chi connectivity index (χ3v) is 3.45. The van der Waals surface area contributed by atoms with E-state index in [0.717, 1.165) is 12.8 Å². The Balaban J connectivity index is 2.38. The van der Waals surface area contributed by atoms with Gasteiger partial charge in [0.1, 0.15) is 0 Å². The molecule has 2 nitrogen and oxygen atoms in total. The minimum absolute atomic E-state index is 0.222. The summed E-state index contributed by atoms with van der Waals surface area (Å²) >= 11 is 0. The van der Waals surface area contributed by atoms with Crippen molar-refractivity contribution in [3.05, 3.63) is 12.2 Å². The van der Waals surface area contributed by atoms with Gasteiger partial charge >= 0.3 is 0 Å². The van der Waals surface area contributed by atoms with E-state index in [4.69, 9.17) is 0 Å². The van der Waals surface area contributed by atoms with Gasteiger partial charge in [-0.3, -0.25) is 0 Å². The second kappa shape index (κ2) is 3.39. The van der Waals surface area contributed by atoms with Crippen LogP contribution in [0.15, 0.2) is 12.2 Å². The van der Waals surface area contributed by atoms with Crippen molar-refractivity contribution in [1.82, 2.24) is 0 Å². The first kappa shape index (κ1) is 8.78. The summed E-state index contributed by atoms with van der Waals surface area (Å²) < 4.78 is 22.4. The highest BCUT2D eigenvalue weighted by atomic mass is 32.2. The molecule has 1 aliphatic rings. The topological polar surface area (TPSA) is 34.1 Å². The summed E-state index contributed by atoms with van der Waals surface area (Å²) in [7, 11) is -2.77. The molecule has 1 saturated carbocycles. The maximum absolute atomic E-state index is 11.2. The van der Waals surface area contributed by atoms with Crippen molar-refractivity contribution < 1.29 is 8.42 Å². The fourth-order valence-corrected chi connectivity index (χ4v) is 2.63. The van der Waals surface area contributed by atoms with Crippen LogP contribution in [0.2, 0.25) is 0 Å². The van der Waals surface area contributed by atoms with Gasteiger partial charge in [-0.1, -0.05) is 12.2 Å². The minimum atomic E-state index is -2.77. The van der Waals surface area contributed by atoms with Gasteiger partial charge in [-0.05, 0) is 25.7 Å². The van der Waals surface area contributed by atoms with E-state index in [1.54, 1.807) is 12.2 Å². The van der Waals surface area contributed by atoms with Gasteiger partial charge in [-0.2, -0.15) is 0 Å². The Bertz CT molecular complexity index is 235. The second-order valence-electron chi connectivity index (χ2n) is 3.09. The van der Waals surface area contributed by atoms with Crippen LogP contribution in [0.4, 0.5) is 0 Å². The Morgan fingerprint density at radius 1 is 1.45 bits per heavy atom. The van der Waals surface area contributed by atoms with Crippen LogP contribution >= 0.6 is 0 Å². The van der Waals surface area contributed by atoms with Crippen molar-refractivity contribution in [2.24, 2.45) is 5.92 Å². The largest absolute Gasteiger partial charge is 0.229 e. The van der Waals surface area contributed by atoms with Crippen LogP contribution < -0.4 is 0 Å². The molecule has 11 heavy (non-hydrogen) atoms. The molecule has 1 fully saturated rings. The Labute approximate surface area is 68.2 Å². The molecule has 0 heterocycles. The van der Waals surface area contributed by atoms with Crippen molar-refractivity contribution in [2.75, 3.05) is 11.5 Å². The monoisotopic (exact) mass is 174 g/mol.